The van der Waals surface area contributed by atoms with Gasteiger partial charge in [-0.2, -0.15) is 0 Å². The van der Waals surface area contributed by atoms with E-state index in [-0.39, 0.29) is 23.3 Å². The van der Waals surface area contributed by atoms with Crippen molar-refractivity contribution in [2.45, 2.75) is 12.5 Å². The molecule has 1 aromatic carbocycles. The number of likely N-dealkylation sites (N-methyl/N-ethyl adjacent to an activating group) is 1. The maximum absolute atomic E-state index is 12.5. The Labute approximate surface area is 156 Å². The highest BCUT2D eigenvalue weighted by Gasteiger charge is 2.30. The third kappa shape index (κ3) is 4.23. The lowest BCUT2D eigenvalue weighted by Gasteiger charge is -2.36. The van der Waals surface area contributed by atoms with E-state index in [4.69, 9.17) is 23.2 Å². The Kier molecular flexibility index (Phi) is 5.46. The predicted molar refractivity (Wildman–Crippen MR) is 98.1 cm³/mol. The molecule has 0 aliphatic carbocycles. The van der Waals surface area contributed by atoms with Crippen LogP contribution < -0.4 is 10.6 Å². The molecule has 2 heterocycles. The van der Waals surface area contributed by atoms with Gasteiger partial charge >= 0.3 is 0 Å². The lowest BCUT2D eigenvalue weighted by Crippen LogP contribution is -2.55. The molecule has 1 fully saturated rings. The quantitative estimate of drug-likeness (QED) is 0.809. The second-order valence-corrected chi connectivity index (χ2v) is 6.89. The highest BCUT2D eigenvalue weighted by Crippen LogP contribution is 2.29. The zero-order valence-corrected chi connectivity index (χ0v) is 15.3. The molecule has 0 unspecified atom stereocenters. The number of amides is 2. The van der Waals surface area contributed by atoms with E-state index in [9.17, 15) is 9.59 Å². The first kappa shape index (κ1) is 18.0. The van der Waals surface area contributed by atoms with Gasteiger partial charge in [0.25, 0.3) is 0 Å². The van der Waals surface area contributed by atoms with Gasteiger partial charge in [0.1, 0.15) is 6.04 Å². The van der Waals surface area contributed by atoms with Crippen LogP contribution in [-0.2, 0) is 9.59 Å². The number of halogens is 2. The monoisotopic (exact) mass is 383 g/mol. The first-order valence-electron chi connectivity index (χ1n) is 8.00. The standard InChI is InChI=1S/C16H19Cl2N5O2/c1-22-5-7-23(8-6-22)16-20-12(9-13(24)21-16)15(25)19-11-4-2-3-10(17)14(11)18/h2-4,12H,5-9H2,1H3,(H,19,25)(H,20,21,24)/t12-/m0/s1. The normalized spacial score (nSPS) is 21.6. The zero-order valence-electron chi connectivity index (χ0n) is 13.8. The summed E-state index contributed by atoms with van der Waals surface area (Å²) in [6, 6.07) is 4.19. The van der Waals surface area contributed by atoms with Crippen molar-refractivity contribution in [3.05, 3.63) is 28.2 Å². The molecular weight excluding hydrogens is 365 g/mol. The van der Waals surface area contributed by atoms with Gasteiger partial charge in [-0.25, -0.2) is 4.99 Å². The lowest BCUT2D eigenvalue weighted by atomic mass is 10.1. The van der Waals surface area contributed by atoms with Crippen molar-refractivity contribution in [3.8, 4) is 0 Å². The second kappa shape index (κ2) is 7.59. The molecule has 2 amide bonds. The van der Waals surface area contributed by atoms with Crippen LogP contribution in [0.1, 0.15) is 6.42 Å². The Hall–Kier alpha value is -1.83. The fourth-order valence-corrected chi connectivity index (χ4v) is 3.07. The number of rotatable bonds is 2. The highest BCUT2D eigenvalue weighted by molar-refractivity contribution is 6.44. The molecule has 0 bridgehead atoms. The van der Waals surface area contributed by atoms with Crippen molar-refractivity contribution in [2.75, 3.05) is 38.5 Å². The molecule has 2 aliphatic heterocycles. The largest absolute Gasteiger partial charge is 0.340 e. The molecule has 0 spiro atoms. The summed E-state index contributed by atoms with van der Waals surface area (Å²) >= 11 is 12.1. The summed E-state index contributed by atoms with van der Waals surface area (Å²) in [4.78, 5) is 33.2. The van der Waals surface area contributed by atoms with E-state index in [1.807, 2.05) is 11.9 Å². The zero-order chi connectivity index (χ0) is 18.0. The molecule has 1 atom stereocenters. The minimum Gasteiger partial charge on any atom is -0.340 e. The third-order valence-corrected chi connectivity index (χ3v) is 5.04. The summed E-state index contributed by atoms with van der Waals surface area (Å²) in [5, 5.41) is 6.08. The fourth-order valence-electron chi connectivity index (χ4n) is 2.72. The van der Waals surface area contributed by atoms with Crippen LogP contribution in [0.5, 0.6) is 0 Å². The number of anilines is 1. The van der Waals surface area contributed by atoms with E-state index in [2.05, 4.69) is 20.5 Å². The van der Waals surface area contributed by atoms with Gasteiger partial charge in [0.05, 0.1) is 22.2 Å². The summed E-state index contributed by atoms with van der Waals surface area (Å²) in [6.07, 6.45) is 0.00125. The van der Waals surface area contributed by atoms with Crippen molar-refractivity contribution < 1.29 is 9.59 Å². The van der Waals surface area contributed by atoms with Gasteiger partial charge in [-0.15, -0.1) is 0 Å². The maximum Gasteiger partial charge on any atom is 0.249 e. The van der Waals surface area contributed by atoms with Crippen LogP contribution >= 0.6 is 23.2 Å². The number of hydrogen-bond donors (Lipinski definition) is 2. The highest BCUT2D eigenvalue weighted by atomic mass is 35.5. The number of carbonyl (C=O) groups excluding carboxylic acids is 2. The number of guanidine groups is 1. The van der Waals surface area contributed by atoms with Crippen LogP contribution in [0.3, 0.4) is 0 Å². The SMILES string of the molecule is CN1CCN(C2=N[C@H](C(=O)Nc3cccc(Cl)c3Cl)CC(=O)N2)CC1. The Balaban J connectivity index is 1.73. The molecule has 134 valence electrons. The Morgan fingerprint density at radius 3 is 2.72 bits per heavy atom. The molecule has 9 heteroatoms. The van der Waals surface area contributed by atoms with Gasteiger partial charge < -0.3 is 15.1 Å². The van der Waals surface area contributed by atoms with E-state index >= 15 is 0 Å². The van der Waals surface area contributed by atoms with E-state index in [1.165, 1.54) is 0 Å². The van der Waals surface area contributed by atoms with Gasteiger partial charge in [0, 0.05) is 26.2 Å². The van der Waals surface area contributed by atoms with Crippen LogP contribution in [-0.4, -0.2) is 66.8 Å². The average Bonchev–Trinajstić information content (AvgIpc) is 2.59. The minimum atomic E-state index is -0.793. The van der Waals surface area contributed by atoms with Crippen molar-refractivity contribution in [3.63, 3.8) is 0 Å². The van der Waals surface area contributed by atoms with Crippen molar-refractivity contribution in [2.24, 2.45) is 4.99 Å². The first-order valence-corrected chi connectivity index (χ1v) is 8.75. The molecule has 2 N–H and O–H groups in total. The van der Waals surface area contributed by atoms with Crippen LogP contribution in [0, 0.1) is 0 Å². The molecule has 25 heavy (non-hydrogen) atoms. The molecule has 1 aromatic rings. The Bertz CT molecular complexity index is 716. The smallest absolute Gasteiger partial charge is 0.249 e. The number of aliphatic imine (C=N–C) groups is 1. The van der Waals surface area contributed by atoms with E-state index in [0.29, 0.717) is 16.7 Å². The Morgan fingerprint density at radius 2 is 2.00 bits per heavy atom. The molecule has 1 saturated heterocycles. The molecule has 0 aromatic heterocycles. The van der Waals surface area contributed by atoms with Gasteiger partial charge in [-0.1, -0.05) is 29.3 Å². The summed E-state index contributed by atoms with van der Waals surface area (Å²) < 4.78 is 0. The molecule has 7 nitrogen and oxygen atoms in total. The maximum atomic E-state index is 12.5. The fraction of sp³-hybridized carbons (Fsp3) is 0.438. The van der Waals surface area contributed by atoms with Gasteiger partial charge in [-0.05, 0) is 19.2 Å². The van der Waals surface area contributed by atoms with Crippen LogP contribution in [0.25, 0.3) is 0 Å². The number of benzene rings is 1. The molecule has 3 rings (SSSR count). The Morgan fingerprint density at radius 1 is 1.28 bits per heavy atom. The topological polar surface area (TPSA) is 77.0 Å². The van der Waals surface area contributed by atoms with E-state index < -0.39 is 6.04 Å². The molecule has 2 aliphatic rings. The number of carbonyl (C=O) groups is 2. The van der Waals surface area contributed by atoms with Crippen LogP contribution in [0.2, 0.25) is 10.0 Å². The third-order valence-electron chi connectivity index (χ3n) is 4.22. The molecular formula is C16H19Cl2N5O2. The summed E-state index contributed by atoms with van der Waals surface area (Å²) in [7, 11) is 2.05. The summed E-state index contributed by atoms with van der Waals surface area (Å²) in [5.41, 5.74) is 0.404. The molecule has 0 saturated carbocycles. The van der Waals surface area contributed by atoms with Gasteiger partial charge in [0.2, 0.25) is 17.8 Å². The van der Waals surface area contributed by atoms with Gasteiger partial charge in [0.15, 0.2) is 0 Å². The number of nitrogens with one attached hydrogen (secondary N) is 2. The second-order valence-electron chi connectivity index (χ2n) is 6.10. The first-order chi connectivity index (χ1) is 11.9. The predicted octanol–water partition coefficient (Wildman–Crippen LogP) is 1.42. The van der Waals surface area contributed by atoms with Crippen molar-refractivity contribution >= 4 is 46.7 Å². The van der Waals surface area contributed by atoms with Crippen molar-refractivity contribution in [1.82, 2.24) is 15.1 Å². The minimum absolute atomic E-state index is 0.00125. The van der Waals surface area contributed by atoms with E-state index in [1.54, 1.807) is 18.2 Å². The summed E-state index contributed by atoms with van der Waals surface area (Å²) in [6.45, 7) is 3.27. The average molecular weight is 384 g/mol. The molecule has 0 radical (unpaired) electrons. The van der Waals surface area contributed by atoms with Crippen LogP contribution in [0.4, 0.5) is 5.69 Å². The van der Waals surface area contributed by atoms with Crippen LogP contribution in [0.15, 0.2) is 23.2 Å². The number of hydrogen-bond acceptors (Lipinski definition) is 5. The lowest BCUT2D eigenvalue weighted by molar-refractivity contribution is -0.125. The number of nitrogens with zero attached hydrogens (tertiary/aromatic N) is 3. The van der Waals surface area contributed by atoms with Crippen molar-refractivity contribution in [1.29, 1.82) is 0 Å². The summed E-state index contributed by atoms with van der Waals surface area (Å²) in [5.74, 6) is -0.145. The van der Waals surface area contributed by atoms with Gasteiger partial charge in [-0.3, -0.25) is 14.9 Å². The number of piperazine rings is 1. The van der Waals surface area contributed by atoms with E-state index in [0.717, 1.165) is 26.2 Å².